The van der Waals surface area contributed by atoms with Crippen LogP contribution in [0.5, 0.6) is 5.75 Å². The summed E-state index contributed by atoms with van der Waals surface area (Å²) in [7, 11) is 0. The van der Waals surface area contributed by atoms with Gasteiger partial charge in [-0.05, 0) is 31.4 Å². The molecule has 2 N–H and O–H groups in total. The number of ether oxygens (including phenoxy) is 1. The van der Waals surface area contributed by atoms with Gasteiger partial charge in [-0.2, -0.15) is 13.2 Å². The van der Waals surface area contributed by atoms with Gasteiger partial charge in [-0.3, -0.25) is 9.36 Å². The fourth-order valence-electron chi connectivity index (χ4n) is 3.53. The molecule has 0 radical (unpaired) electrons. The molecule has 0 aliphatic carbocycles. The first-order chi connectivity index (χ1) is 13.1. The minimum Gasteiger partial charge on any atom is -0.505 e. The van der Waals surface area contributed by atoms with E-state index in [1.165, 1.54) is 12.3 Å². The summed E-state index contributed by atoms with van der Waals surface area (Å²) in [5.41, 5.74) is 0.673. The topological polar surface area (TPSA) is 63.5 Å². The summed E-state index contributed by atoms with van der Waals surface area (Å²) in [5.74, 6) is -5.13. The molecule has 1 amide bonds. The Kier molecular flexibility index (Phi) is 5.38. The number of hydrogen-bond acceptors (Lipinski definition) is 3. The molecule has 28 heavy (non-hydrogen) atoms. The van der Waals surface area contributed by atoms with E-state index in [0.29, 0.717) is 10.1 Å². The van der Waals surface area contributed by atoms with Gasteiger partial charge in [-0.25, -0.2) is 4.39 Å². The molecule has 2 heterocycles. The van der Waals surface area contributed by atoms with Crippen molar-refractivity contribution in [2.75, 3.05) is 5.32 Å². The number of alkyl halides is 2. The van der Waals surface area contributed by atoms with Crippen LogP contribution in [-0.2, 0) is 9.53 Å². The first-order valence-electron chi connectivity index (χ1n) is 8.71. The summed E-state index contributed by atoms with van der Waals surface area (Å²) in [6.07, 6.45) is 0.777. The van der Waals surface area contributed by atoms with E-state index in [-0.39, 0.29) is 17.2 Å². The summed E-state index contributed by atoms with van der Waals surface area (Å²) in [5, 5.41) is 12.6. The monoisotopic (exact) mass is 400 g/mol. The van der Waals surface area contributed by atoms with Gasteiger partial charge >= 0.3 is 6.55 Å². The van der Waals surface area contributed by atoms with E-state index in [1.54, 1.807) is 20.8 Å². The molecular weight excluding hydrogens is 380 g/mol. The molecule has 1 aliphatic heterocycles. The van der Waals surface area contributed by atoms with E-state index in [4.69, 9.17) is 4.74 Å². The van der Waals surface area contributed by atoms with Crippen molar-refractivity contribution in [2.24, 2.45) is 5.92 Å². The van der Waals surface area contributed by atoms with Crippen LogP contribution in [0.3, 0.4) is 0 Å². The van der Waals surface area contributed by atoms with Crippen LogP contribution < -0.4 is 5.32 Å². The Hall–Kier alpha value is -2.55. The number of phenolic OH excluding ortho intramolecular Hbond substituents is 1. The fraction of sp³-hybridized carbons (Fsp3) is 0.421. The average molecular weight is 400 g/mol. The molecular formula is C19H20F4N2O3. The number of hydrogen-bond donors (Lipinski definition) is 2. The minimum atomic E-state index is -2.75. The van der Waals surface area contributed by atoms with Crippen molar-refractivity contribution in [3.8, 4) is 5.75 Å². The zero-order chi connectivity index (χ0) is 20.7. The quantitative estimate of drug-likeness (QED) is 0.752. The van der Waals surface area contributed by atoms with Crippen LogP contribution in [0.25, 0.3) is 0 Å². The number of halogens is 4. The second-order valence-corrected chi connectivity index (χ2v) is 7.01. The lowest BCUT2D eigenvalue weighted by Gasteiger charge is -2.22. The van der Waals surface area contributed by atoms with Crippen LogP contribution in [0.15, 0.2) is 24.5 Å². The Labute approximate surface area is 158 Å². The molecule has 1 aromatic carbocycles. The average Bonchev–Trinajstić information content (AvgIpc) is 3.14. The molecule has 0 bridgehead atoms. The zero-order valence-corrected chi connectivity index (χ0v) is 15.4. The first kappa shape index (κ1) is 20.2. The molecule has 9 heteroatoms. The summed E-state index contributed by atoms with van der Waals surface area (Å²) in [4.78, 5) is 12.8. The van der Waals surface area contributed by atoms with Gasteiger partial charge in [0.05, 0.1) is 11.8 Å². The third-order valence-electron chi connectivity index (χ3n) is 5.24. The van der Waals surface area contributed by atoms with E-state index in [0.717, 1.165) is 12.3 Å². The summed E-state index contributed by atoms with van der Waals surface area (Å²) in [6, 6.07) is 2.09. The number of carbonyl (C=O) groups is 1. The molecule has 0 saturated carbocycles. The van der Waals surface area contributed by atoms with Crippen molar-refractivity contribution in [1.82, 2.24) is 4.57 Å². The molecule has 0 spiro atoms. The number of nitrogens with zero attached hydrogens (tertiary/aromatic N) is 1. The second-order valence-electron chi connectivity index (χ2n) is 7.01. The SMILES string of the molecule is Cc1cn(C(F)F)cc1NC(=O)[C@@H]1O[C@H](C)[C@@H](C)[C@H]1c1ccc(F)c(F)c1O. The van der Waals surface area contributed by atoms with Gasteiger partial charge in [0.1, 0.15) is 6.10 Å². The molecule has 1 aromatic heterocycles. The number of anilines is 1. The first-order valence-corrected chi connectivity index (χ1v) is 8.71. The lowest BCUT2D eigenvalue weighted by atomic mass is 9.82. The molecule has 1 saturated heterocycles. The maximum absolute atomic E-state index is 13.8. The molecule has 2 aromatic rings. The predicted octanol–water partition coefficient (Wildman–Crippen LogP) is 4.32. The van der Waals surface area contributed by atoms with Gasteiger partial charge < -0.3 is 15.2 Å². The Bertz CT molecular complexity index is 900. The Morgan fingerprint density at radius 3 is 2.54 bits per heavy atom. The van der Waals surface area contributed by atoms with E-state index in [9.17, 15) is 27.5 Å². The number of aromatic nitrogens is 1. The maximum atomic E-state index is 13.8. The van der Waals surface area contributed by atoms with Crippen LogP contribution in [0.4, 0.5) is 23.2 Å². The molecule has 152 valence electrons. The molecule has 1 fully saturated rings. The summed E-state index contributed by atoms with van der Waals surface area (Å²) in [6.45, 7) is 2.30. The number of aryl methyl sites for hydroxylation is 1. The van der Waals surface area contributed by atoms with Crippen LogP contribution in [0.1, 0.15) is 37.4 Å². The minimum absolute atomic E-state index is 0.0535. The lowest BCUT2D eigenvalue weighted by Crippen LogP contribution is -2.32. The molecule has 1 aliphatic rings. The Balaban J connectivity index is 1.91. The highest BCUT2D eigenvalue weighted by Crippen LogP contribution is 2.44. The largest absolute Gasteiger partial charge is 0.505 e. The molecule has 4 atom stereocenters. The van der Waals surface area contributed by atoms with Crippen molar-refractivity contribution in [1.29, 1.82) is 0 Å². The van der Waals surface area contributed by atoms with Crippen molar-refractivity contribution >= 4 is 11.6 Å². The van der Waals surface area contributed by atoms with Crippen molar-refractivity contribution in [3.63, 3.8) is 0 Å². The predicted molar refractivity (Wildman–Crippen MR) is 93.3 cm³/mol. The Morgan fingerprint density at radius 1 is 1.25 bits per heavy atom. The van der Waals surface area contributed by atoms with Crippen LogP contribution in [-0.4, -0.2) is 27.8 Å². The van der Waals surface area contributed by atoms with Gasteiger partial charge in [-0.1, -0.05) is 13.0 Å². The van der Waals surface area contributed by atoms with E-state index in [1.807, 2.05) is 0 Å². The molecule has 5 nitrogen and oxygen atoms in total. The normalized spacial score (nSPS) is 24.7. The number of benzene rings is 1. The van der Waals surface area contributed by atoms with Crippen LogP contribution >= 0.6 is 0 Å². The highest BCUT2D eigenvalue weighted by atomic mass is 19.3. The van der Waals surface area contributed by atoms with Crippen molar-refractivity contribution in [2.45, 2.75) is 45.4 Å². The van der Waals surface area contributed by atoms with Gasteiger partial charge in [0, 0.05) is 23.9 Å². The van der Waals surface area contributed by atoms with Crippen molar-refractivity contribution in [3.05, 3.63) is 47.3 Å². The van der Waals surface area contributed by atoms with Gasteiger partial charge in [0.15, 0.2) is 11.6 Å². The smallest absolute Gasteiger partial charge is 0.318 e. The van der Waals surface area contributed by atoms with E-state index < -0.39 is 48.0 Å². The van der Waals surface area contributed by atoms with Crippen molar-refractivity contribution < 1.29 is 32.2 Å². The standard InChI is InChI=1S/C19H20F4N2O3/c1-8-6-25(19(22)23)7-13(8)24-18(27)17-14(9(2)10(3)28-17)11-4-5-12(20)15(21)16(11)26/h4-7,9-10,14,17,19,26H,1-3H3,(H,24,27)/t9-,10-,14+,17-/m1/s1. The van der Waals surface area contributed by atoms with Gasteiger partial charge in [0.2, 0.25) is 5.82 Å². The third kappa shape index (κ3) is 3.46. The van der Waals surface area contributed by atoms with Gasteiger partial charge in [0.25, 0.3) is 5.91 Å². The number of aromatic hydroxyl groups is 1. The number of amides is 1. The van der Waals surface area contributed by atoms with Crippen LogP contribution in [0.2, 0.25) is 0 Å². The summed E-state index contributed by atoms with van der Waals surface area (Å²) < 4.78 is 59.2. The summed E-state index contributed by atoms with van der Waals surface area (Å²) >= 11 is 0. The second kappa shape index (κ2) is 7.46. The molecule has 3 rings (SSSR count). The highest BCUT2D eigenvalue weighted by molar-refractivity contribution is 5.95. The number of carbonyl (C=O) groups excluding carboxylic acids is 1. The third-order valence-corrected chi connectivity index (χ3v) is 5.24. The van der Waals surface area contributed by atoms with E-state index >= 15 is 0 Å². The highest BCUT2D eigenvalue weighted by Gasteiger charge is 2.46. The number of phenols is 1. The van der Waals surface area contributed by atoms with Gasteiger partial charge in [-0.15, -0.1) is 0 Å². The fourth-order valence-corrected chi connectivity index (χ4v) is 3.53. The maximum Gasteiger partial charge on any atom is 0.318 e. The number of rotatable bonds is 4. The number of nitrogens with one attached hydrogen (secondary N) is 1. The van der Waals surface area contributed by atoms with E-state index in [2.05, 4.69) is 5.32 Å². The van der Waals surface area contributed by atoms with Crippen LogP contribution in [0, 0.1) is 24.5 Å². The Morgan fingerprint density at radius 2 is 1.93 bits per heavy atom. The molecule has 0 unspecified atom stereocenters. The lowest BCUT2D eigenvalue weighted by molar-refractivity contribution is -0.127. The zero-order valence-electron chi connectivity index (χ0n) is 15.4.